The Labute approximate surface area is 144 Å². The molecule has 124 valence electrons. The largest absolute Gasteiger partial charge is 0.508 e. The molecular formula is C19H19NO3S. The van der Waals surface area contributed by atoms with Crippen molar-refractivity contribution in [2.24, 2.45) is 0 Å². The van der Waals surface area contributed by atoms with Gasteiger partial charge in [0.05, 0.1) is 9.70 Å². The third-order valence-corrected chi connectivity index (χ3v) is 4.98. The maximum Gasteiger partial charge on any atom is 0.347 e. The molecule has 0 radical (unpaired) electrons. The van der Waals surface area contributed by atoms with Gasteiger partial charge in [0.25, 0.3) is 0 Å². The minimum Gasteiger partial charge on any atom is -0.508 e. The van der Waals surface area contributed by atoms with Crippen LogP contribution >= 0.6 is 11.3 Å². The number of rotatable bonds is 4. The number of hydrogen-bond donors (Lipinski definition) is 1. The lowest BCUT2D eigenvalue weighted by molar-refractivity contribution is 0.499. The summed E-state index contributed by atoms with van der Waals surface area (Å²) in [5, 5.41) is 10.5. The van der Waals surface area contributed by atoms with E-state index in [1.54, 1.807) is 6.07 Å². The quantitative estimate of drug-likeness (QED) is 0.703. The molecule has 1 aromatic carbocycles. The second-order valence-electron chi connectivity index (χ2n) is 6.06. The molecule has 0 bridgehead atoms. The van der Waals surface area contributed by atoms with Crippen LogP contribution in [0, 0.1) is 13.8 Å². The first-order valence-corrected chi connectivity index (χ1v) is 8.39. The van der Waals surface area contributed by atoms with Gasteiger partial charge < -0.3 is 14.4 Å². The van der Waals surface area contributed by atoms with E-state index in [1.165, 1.54) is 28.0 Å². The Morgan fingerprint density at radius 3 is 2.50 bits per heavy atom. The van der Waals surface area contributed by atoms with Crippen LogP contribution in [-0.4, -0.2) is 12.2 Å². The molecule has 2 aromatic heterocycles. The van der Waals surface area contributed by atoms with E-state index in [0.29, 0.717) is 5.58 Å². The third-order valence-electron chi connectivity index (χ3n) is 3.80. The Balaban J connectivity index is 1.93. The van der Waals surface area contributed by atoms with E-state index in [2.05, 4.69) is 43.5 Å². The predicted molar refractivity (Wildman–Crippen MR) is 100 cm³/mol. The Morgan fingerprint density at radius 1 is 1.21 bits per heavy atom. The van der Waals surface area contributed by atoms with Crippen molar-refractivity contribution in [2.75, 3.05) is 11.9 Å². The highest BCUT2D eigenvalue weighted by Crippen LogP contribution is 2.33. The molecular weight excluding hydrogens is 322 g/mol. The van der Waals surface area contributed by atoms with Crippen molar-refractivity contribution in [3.8, 4) is 0 Å². The average Bonchev–Trinajstić information content (AvgIpc) is 2.87. The Bertz CT molecular complexity index is 964. The van der Waals surface area contributed by atoms with Gasteiger partial charge >= 0.3 is 5.63 Å². The molecule has 0 spiro atoms. The molecule has 0 saturated heterocycles. The number of aryl methyl sites for hydroxylation is 2. The van der Waals surface area contributed by atoms with Crippen LogP contribution in [0.1, 0.15) is 22.3 Å². The van der Waals surface area contributed by atoms with Crippen LogP contribution in [0.25, 0.3) is 16.0 Å². The monoisotopic (exact) mass is 341 g/mol. The zero-order valence-electron chi connectivity index (χ0n) is 13.9. The van der Waals surface area contributed by atoms with Crippen LogP contribution < -0.4 is 10.5 Å². The van der Waals surface area contributed by atoms with Crippen LogP contribution in [0.2, 0.25) is 0 Å². The Morgan fingerprint density at radius 2 is 1.88 bits per heavy atom. The summed E-state index contributed by atoms with van der Waals surface area (Å²) < 4.78 is 6.09. The van der Waals surface area contributed by atoms with Gasteiger partial charge in [0.1, 0.15) is 11.3 Å². The molecule has 0 saturated carbocycles. The number of aliphatic hydroxyl groups is 1. The summed E-state index contributed by atoms with van der Waals surface area (Å²) in [5.74, 6) is -0.274. The number of aliphatic hydroxyl groups excluding tert-OH is 1. The van der Waals surface area contributed by atoms with Gasteiger partial charge in [0, 0.05) is 19.7 Å². The van der Waals surface area contributed by atoms with Crippen LogP contribution in [0.4, 0.5) is 5.00 Å². The summed E-state index contributed by atoms with van der Waals surface area (Å²) >= 11 is 1.51. The number of nitrogens with zero attached hydrogens (tertiary/aromatic N) is 1. The molecule has 4 nitrogen and oxygen atoms in total. The lowest BCUT2D eigenvalue weighted by Crippen LogP contribution is -2.15. The SMILES string of the molecule is C=C(O)c1cc2sc(N(C)Cc3cc(C)cc(C)c3)cc2oc1=O. The molecule has 3 aromatic rings. The van der Waals surface area contributed by atoms with Crippen molar-refractivity contribution in [1.82, 2.24) is 0 Å². The first-order valence-electron chi connectivity index (χ1n) is 7.58. The van der Waals surface area contributed by atoms with Crippen molar-refractivity contribution < 1.29 is 9.52 Å². The molecule has 0 aliphatic carbocycles. The van der Waals surface area contributed by atoms with Gasteiger partial charge in [-0.3, -0.25) is 0 Å². The van der Waals surface area contributed by atoms with E-state index in [4.69, 9.17) is 4.42 Å². The molecule has 24 heavy (non-hydrogen) atoms. The van der Waals surface area contributed by atoms with Gasteiger partial charge in [-0.1, -0.05) is 35.9 Å². The zero-order valence-corrected chi connectivity index (χ0v) is 14.7. The van der Waals surface area contributed by atoms with Crippen LogP contribution in [0.3, 0.4) is 0 Å². The lowest BCUT2D eigenvalue weighted by atomic mass is 10.1. The van der Waals surface area contributed by atoms with Gasteiger partial charge in [0.15, 0.2) is 5.58 Å². The summed E-state index contributed by atoms with van der Waals surface area (Å²) in [6.45, 7) is 8.34. The molecule has 0 aliphatic heterocycles. The minimum absolute atomic E-state index is 0.105. The van der Waals surface area contributed by atoms with Gasteiger partial charge in [-0.2, -0.15) is 0 Å². The average molecular weight is 341 g/mol. The first kappa shape index (κ1) is 16.3. The lowest BCUT2D eigenvalue weighted by Gasteiger charge is -2.17. The maximum absolute atomic E-state index is 11.8. The molecule has 5 heteroatoms. The van der Waals surface area contributed by atoms with Gasteiger partial charge in [0.2, 0.25) is 0 Å². The summed E-state index contributed by atoms with van der Waals surface area (Å²) in [6, 6.07) is 9.98. The fraction of sp³-hybridized carbons (Fsp3) is 0.211. The second kappa shape index (κ2) is 6.17. The maximum atomic E-state index is 11.8. The highest BCUT2D eigenvalue weighted by atomic mass is 32.1. The summed E-state index contributed by atoms with van der Waals surface area (Å²) in [7, 11) is 2.01. The van der Waals surface area contributed by atoms with E-state index in [-0.39, 0.29) is 11.3 Å². The van der Waals surface area contributed by atoms with Crippen LogP contribution in [0.15, 0.2) is 46.1 Å². The van der Waals surface area contributed by atoms with Gasteiger partial charge in [-0.15, -0.1) is 11.3 Å². The topological polar surface area (TPSA) is 53.7 Å². The highest BCUT2D eigenvalue weighted by Gasteiger charge is 2.13. The normalized spacial score (nSPS) is 11.0. The second-order valence-corrected chi connectivity index (χ2v) is 7.12. The molecule has 0 amide bonds. The first-order chi connectivity index (χ1) is 11.3. The molecule has 3 rings (SSSR count). The van der Waals surface area contributed by atoms with Crippen LogP contribution in [-0.2, 0) is 6.54 Å². The van der Waals surface area contributed by atoms with Crippen molar-refractivity contribution in [3.63, 3.8) is 0 Å². The number of fused-ring (bicyclic) bond motifs is 1. The Kier molecular flexibility index (Phi) is 4.20. The van der Waals surface area contributed by atoms with E-state index in [0.717, 1.165) is 16.2 Å². The molecule has 0 fully saturated rings. The fourth-order valence-electron chi connectivity index (χ4n) is 2.80. The fourth-order valence-corrected chi connectivity index (χ4v) is 3.79. The van der Waals surface area contributed by atoms with Crippen molar-refractivity contribution in [2.45, 2.75) is 20.4 Å². The number of thiophene rings is 1. The van der Waals surface area contributed by atoms with Crippen molar-refractivity contribution in [3.05, 3.63) is 69.6 Å². The summed E-state index contributed by atoms with van der Waals surface area (Å²) in [4.78, 5) is 13.9. The van der Waals surface area contributed by atoms with E-state index < -0.39 is 5.63 Å². The number of hydrogen-bond acceptors (Lipinski definition) is 5. The number of anilines is 1. The molecule has 1 N–H and O–H groups in total. The van der Waals surface area contributed by atoms with Crippen molar-refractivity contribution >= 4 is 32.4 Å². The minimum atomic E-state index is -0.573. The molecule has 2 heterocycles. The van der Waals surface area contributed by atoms with Gasteiger partial charge in [-0.25, -0.2) is 4.79 Å². The van der Waals surface area contributed by atoms with Gasteiger partial charge in [-0.05, 0) is 25.5 Å². The highest BCUT2D eigenvalue weighted by molar-refractivity contribution is 7.22. The predicted octanol–water partition coefficient (Wildman–Crippen LogP) is 4.64. The molecule has 0 aliphatic rings. The van der Waals surface area contributed by atoms with E-state index in [9.17, 15) is 9.90 Å². The molecule has 0 unspecified atom stereocenters. The Hall–Kier alpha value is -2.53. The van der Waals surface area contributed by atoms with E-state index >= 15 is 0 Å². The summed E-state index contributed by atoms with van der Waals surface area (Å²) in [6.07, 6.45) is 0. The summed E-state index contributed by atoms with van der Waals surface area (Å²) in [5.41, 5.74) is 3.78. The smallest absolute Gasteiger partial charge is 0.347 e. The van der Waals surface area contributed by atoms with E-state index in [1.807, 2.05) is 13.1 Å². The third kappa shape index (κ3) is 3.21. The standard InChI is InChI=1S/C19H19NO3S/c1-11-5-12(2)7-14(6-11)10-20(4)18-9-16-17(24-18)8-15(13(3)21)19(22)23-16/h5-9,21H,3,10H2,1-2,4H3. The van der Waals surface area contributed by atoms with Crippen LogP contribution in [0.5, 0.6) is 0 Å². The number of benzene rings is 1. The zero-order chi connectivity index (χ0) is 17.4. The molecule has 0 atom stereocenters. The van der Waals surface area contributed by atoms with Crippen molar-refractivity contribution in [1.29, 1.82) is 0 Å².